The second kappa shape index (κ2) is 6.37. The number of likely N-dealkylation sites (N-methyl/N-ethyl adjacent to an activating group) is 1. The van der Waals surface area contributed by atoms with E-state index in [0.29, 0.717) is 12.5 Å². The maximum absolute atomic E-state index is 9.34. The summed E-state index contributed by atoms with van der Waals surface area (Å²) in [5.41, 5.74) is 7.13. The molecule has 0 spiro atoms. The molecule has 1 unspecified atom stereocenters. The number of nitrogens with two attached hydrogens (primary N) is 1. The molecular formula is C15H24N2O2. The van der Waals surface area contributed by atoms with Crippen molar-refractivity contribution in [2.45, 2.75) is 25.0 Å². The number of ether oxygens (including phenoxy) is 1. The topological polar surface area (TPSA) is 58.7 Å². The summed E-state index contributed by atoms with van der Waals surface area (Å²) >= 11 is 0. The summed E-state index contributed by atoms with van der Waals surface area (Å²) in [6, 6.07) is 8.31. The lowest BCUT2D eigenvalue weighted by Gasteiger charge is -2.37. The summed E-state index contributed by atoms with van der Waals surface area (Å²) in [5, 5.41) is 9.34. The van der Waals surface area contributed by atoms with Crippen molar-refractivity contribution in [3.8, 4) is 5.75 Å². The van der Waals surface area contributed by atoms with Crippen LogP contribution in [0.25, 0.3) is 0 Å². The lowest BCUT2D eigenvalue weighted by Crippen LogP contribution is -2.40. The number of hydrogen-bond donors (Lipinski definition) is 2. The van der Waals surface area contributed by atoms with Crippen molar-refractivity contribution in [1.82, 2.24) is 4.90 Å². The predicted molar refractivity (Wildman–Crippen MR) is 76.2 cm³/mol. The third kappa shape index (κ3) is 3.47. The lowest BCUT2D eigenvalue weighted by atomic mass is 9.82. The first-order valence-corrected chi connectivity index (χ1v) is 6.86. The summed E-state index contributed by atoms with van der Waals surface area (Å²) in [4.78, 5) is 2.29. The molecule has 2 rings (SSSR count). The van der Waals surface area contributed by atoms with Gasteiger partial charge in [-0.1, -0.05) is 12.1 Å². The zero-order valence-electron chi connectivity index (χ0n) is 11.7. The van der Waals surface area contributed by atoms with Crippen LogP contribution in [0.5, 0.6) is 5.75 Å². The molecule has 0 aromatic heterocycles. The van der Waals surface area contributed by atoms with Gasteiger partial charge in [0.05, 0.1) is 13.2 Å². The molecule has 1 saturated carbocycles. The minimum absolute atomic E-state index is 0.0873. The number of methoxy groups -OCH3 is 1. The highest BCUT2D eigenvalue weighted by molar-refractivity contribution is 5.29. The molecule has 0 aliphatic heterocycles. The van der Waals surface area contributed by atoms with Crippen molar-refractivity contribution in [3.05, 3.63) is 29.8 Å². The predicted octanol–water partition coefficient (Wildman–Crippen LogP) is 1.40. The summed E-state index contributed by atoms with van der Waals surface area (Å²) < 4.78 is 5.17. The fourth-order valence-corrected chi connectivity index (χ4v) is 2.78. The largest absolute Gasteiger partial charge is 0.497 e. The molecule has 1 aliphatic carbocycles. The molecule has 1 aliphatic rings. The van der Waals surface area contributed by atoms with Crippen LogP contribution in [0.15, 0.2) is 24.3 Å². The van der Waals surface area contributed by atoms with Gasteiger partial charge in [-0.2, -0.15) is 0 Å². The van der Waals surface area contributed by atoms with Crippen molar-refractivity contribution < 1.29 is 9.84 Å². The molecule has 3 N–H and O–H groups in total. The Hall–Kier alpha value is -1.10. The average molecular weight is 264 g/mol. The van der Waals surface area contributed by atoms with E-state index in [1.807, 2.05) is 12.1 Å². The van der Waals surface area contributed by atoms with Gasteiger partial charge in [0, 0.05) is 19.1 Å². The van der Waals surface area contributed by atoms with Crippen LogP contribution in [0.3, 0.4) is 0 Å². The number of nitrogens with zero attached hydrogens (tertiary/aromatic N) is 1. The Balaban J connectivity index is 1.97. The third-order valence-corrected chi connectivity index (χ3v) is 4.01. The van der Waals surface area contributed by atoms with E-state index in [9.17, 15) is 5.11 Å². The highest BCUT2D eigenvalue weighted by Crippen LogP contribution is 2.30. The number of hydrogen-bond acceptors (Lipinski definition) is 4. The first kappa shape index (κ1) is 14.3. The highest BCUT2D eigenvalue weighted by Gasteiger charge is 2.29. The molecule has 0 saturated heterocycles. The molecule has 0 amide bonds. The summed E-state index contributed by atoms with van der Waals surface area (Å²) in [7, 11) is 3.77. The molecule has 0 radical (unpaired) electrons. The molecule has 4 heteroatoms. The van der Waals surface area contributed by atoms with Crippen LogP contribution in [0.2, 0.25) is 0 Å². The van der Waals surface area contributed by atoms with Gasteiger partial charge in [0.25, 0.3) is 0 Å². The maximum Gasteiger partial charge on any atom is 0.118 e. The Labute approximate surface area is 115 Å². The molecule has 1 aromatic rings. The molecule has 4 nitrogen and oxygen atoms in total. The number of rotatable bonds is 6. The third-order valence-electron chi connectivity index (χ3n) is 4.01. The minimum Gasteiger partial charge on any atom is -0.497 e. The van der Waals surface area contributed by atoms with Gasteiger partial charge in [-0.05, 0) is 43.5 Å². The Kier molecular flexibility index (Phi) is 4.80. The fourth-order valence-electron chi connectivity index (χ4n) is 2.78. The Morgan fingerprint density at radius 3 is 2.47 bits per heavy atom. The molecule has 0 bridgehead atoms. The average Bonchev–Trinajstić information content (AvgIpc) is 2.38. The van der Waals surface area contributed by atoms with E-state index in [-0.39, 0.29) is 12.1 Å². The van der Waals surface area contributed by atoms with Crippen molar-refractivity contribution >= 4 is 0 Å². The van der Waals surface area contributed by atoms with E-state index in [1.165, 1.54) is 5.56 Å². The number of aliphatic hydroxyl groups is 1. The zero-order valence-corrected chi connectivity index (χ0v) is 11.7. The molecule has 0 heterocycles. The summed E-state index contributed by atoms with van der Waals surface area (Å²) in [5.74, 6) is 1.47. The Bertz CT molecular complexity index is 388. The molecule has 1 fully saturated rings. The van der Waals surface area contributed by atoms with Gasteiger partial charge >= 0.3 is 0 Å². The van der Waals surface area contributed by atoms with E-state index in [2.05, 4.69) is 24.1 Å². The SMILES string of the molecule is COc1ccc(C(CN)N(C)CC2CC(O)C2)cc1. The van der Waals surface area contributed by atoms with E-state index < -0.39 is 0 Å². The first-order chi connectivity index (χ1) is 9.13. The minimum atomic E-state index is -0.0873. The van der Waals surface area contributed by atoms with Gasteiger partial charge in [0.1, 0.15) is 5.75 Å². The molecule has 1 aromatic carbocycles. The monoisotopic (exact) mass is 264 g/mol. The highest BCUT2D eigenvalue weighted by atomic mass is 16.5. The van der Waals surface area contributed by atoms with Crippen molar-refractivity contribution in [2.75, 3.05) is 27.2 Å². The smallest absolute Gasteiger partial charge is 0.118 e. The summed E-state index contributed by atoms with van der Waals surface area (Å²) in [6.45, 7) is 1.59. The molecule has 19 heavy (non-hydrogen) atoms. The molecule has 1 atom stereocenters. The van der Waals surface area contributed by atoms with Crippen molar-refractivity contribution in [2.24, 2.45) is 11.7 Å². The normalized spacial score (nSPS) is 24.1. The van der Waals surface area contributed by atoms with Gasteiger partial charge in [0.15, 0.2) is 0 Å². The van der Waals surface area contributed by atoms with Gasteiger partial charge < -0.3 is 15.6 Å². The second-order valence-corrected chi connectivity index (χ2v) is 5.46. The van der Waals surface area contributed by atoms with Gasteiger partial charge in [-0.3, -0.25) is 4.90 Å². The van der Waals surface area contributed by atoms with Gasteiger partial charge in [0.2, 0.25) is 0 Å². The van der Waals surface area contributed by atoms with Crippen LogP contribution in [0.4, 0.5) is 0 Å². The number of benzene rings is 1. The quantitative estimate of drug-likeness (QED) is 0.815. The zero-order chi connectivity index (χ0) is 13.8. The van der Waals surface area contributed by atoms with Crippen LogP contribution in [0, 0.1) is 5.92 Å². The van der Waals surface area contributed by atoms with Crippen LogP contribution in [-0.4, -0.2) is 43.4 Å². The van der Waals surface area contributed by atoms with Gasteiger partial charge in [-0.15, -0.1) is 0 Å². The number of aliphatic hydroxyl groups excluding tert-OH is 1. The van der Waals surface area contributed by atoms with Crippen LogP contribution >= 0.6 is 0 Å². The van der Waals surface area contributed by atoms with E-state index in [4.69, 9.17) is 10.5 Å². The summed E-state index contributed by atoms with van der Waals surface area (Å²) in [6.07, 6.45) is 1.75. The van der Waals surface area contributed by atoms with E-state index in [0.717, 1.165) is 25.1 Å². The van der Waals surface area contributed by atoms with E-state index in [1.54, 1.807) is 7.11 Å². The van der Waals surface area contributed by atoms with Crippen molar-refractivity contribution in [1.29, 1.82) is 0 Å². The Morgan fingerprint density at radius 2 is 2.00 bits per heavy atom. The van der Waals surface area contributed by atoms with Crippen LogP contribution in [-0.2, 0) is 0 Å². The standard InChI is InChI=1S/C15H24N2O2/c1-17(10-11-7-13(18)8-11)15(9-16)12-3-5-14(19-2)6-4-12/h3-6,11,13,15,18H,7-10,16H2,1-2H3. The van der Waals surface area contributed by atoms with Gasteiger partial charge in [-0.25, -0.2) is 0 Å². The van der Waals surface area contributed by atoms with Crippen LogP contribution < -0.4 is 10.5 Å². The Morgan fingerprint density at radius 1 is 1.37 bits per heavy atom. The van der Waals surface area contributed by atoms with E-state index >= 15 is 0 Å². The lowest BCUT2D eigenvalue weighted by molar-refractivity contribution is 0.0224. The fraction of sp³-hybridized carbons (Fsp3) is 0.600. The van der Waals surface area contributed by atoms with Crippen molar-refractivity contribution in [3.63, 3.8) is 0 Å². The molecular weight excluding hydrogens is 240 g/mol. The first-order valence-electron chi connectivity index (χ1n) is 6.86. The molecule has 106 valence electrons. The second-order valence-electron chi connectivity index (χ2n) is 5.46. The maximum atomic E-state index is 9.34. The van der Waals surface area contributed by atoms with Crippen LogP contribution in [0.1, 0.15) is 24.4 Å².